The first-order valence-corrected chi connectivity index (χ1v) is 8.94. The van der Waals surface area contributed by atoms with Crippen LogP contribution in [-0.4, -0.2) is 36.8 Å². The van der Waals surface area contributed by atoms with E-state index in [1.165, 1.54) is 6.92 Å². The van der Waals surface area contributed by atoms with Crippen molar-refractivity contribution in [3.63, 3.8) is 0 Å². The van der Waals surface area contributed by atoms with Crippen molar-refractivity contribution in [2.45, 2.75) is 76.1 Å². The minimum absolute atomic E-state index is 0.0196. The molecule has 0 radical (unpaired) electrons. The average Bonchev–Trinajstić information content (AvgIpc) is 2.76. The van der Waals surface area contributed by atoms with Gasteiger partial charge in [-0.1, -0.05) is 13.8 Å². The van der Waals surface area contributed by atoms with Gasteiger partial charge >= 0.3 is 6.18 Å². The zero-order chi connectivity index (χ0) is 18.3. The molecule has 0 aromatic carbocycles. The van der Waals surface area contributed by atoms with E-state index in [0.29, 0.717) is 18.8 Å². The van der Waals surface area contributed by atoms with Gasteiger partial charge in [-0.25, -0.2) is 9.78 Å². The van der Waals surface area contributed by atoms with Crippen molar-refractivity contribution >= 4 is 0 Å². The summed E-state index contributed by atoms with van der Waals surface area (Å²) in [6.45, 7) is 5.33. The van der Waals surface area contributed by atoms with Crippen LogP contribution in [0.4, 0.5) is 13.2 Å². The number of hydrogen-bond acceptors (Lipinski definition) is 5. The number of hydrogen-bond donors (Lipinski definition) is 0. The molecule has 1 unspecified atom stereocenters. The minimum Gasteiger partial charge on any atom is -0.346 e. The monoisotopic (exact) mass is 366 g/mol. The summed E-state index contributed by atoms with van der Waals surface area (Å²) in [7, 11) is 1.04. The smallest absolute Gasteiger partial charge is 0.346 e. The lowest BCUT2D eigenvalue weighted by Gasteiger charge is -2.62. The van der Waals surface area contributed by atoms with Crippen molar-refractivity contribution in [2.24, 2.45) is 23.7 Å². The maximum Gasteiger partial charge on any atom is 0.443 e. The summed E-state index contributed by atoms with van der Waals surface area (Å²) < 4.78 is 58.4. The fraction of sp³-hybridized carbons (Fsp3) is 1.00. The Morgan fingerprint density at radius 3 is 2.36 bits per heavy atom. The fourth-order valence-electron chi connectivity index (χ4n) is 5.59. The van der Waals surface area contributed by atoms with Crippen LogP contribution in [0.5, 0.6) is 0 Å². The van der Waals surface area contributed by atoms with Crippen LogP contribution in [0.25, 0.3) is 0 Å². The SMILES string of the molecule is CO[C@@]1(C(F)(F)F)O[C@@H]2O[C@]3(C)CC[C@H]4[C@H](C)CCC([C@H]1C)[C@@]24OO3. The van der Waals surface area contributed by atoms with Crippen LogP contribution in [0.3, 0.4) is 0 Å². The van der Waals surface area contributed by atoms with E-state index in [9.17, 15) is 13.2 Å². The van der Waals surface area contributed by atoms with E-state index in [2.05, 4.69) is 6.92 Å². The van der Waals surface area contributed by atoms with E-state index in [-0.39, 0.29) is 5.92 Å². The van der Waals surface area contributed by atoms with E-state index in [0.717, 1.165) is 20.0 Å². The van der Waals surface area contributed by atoms with Crippen LogP contribution in [0, 0.1) is 23.7 Å². The molecular weight excluding hydrogens is 341 g/mol. The lowest BCUT2D eigenvalue weighted by molar-refractivity contribution is -0.597. The number of rotatable bonds is 1. The molecule has 1 aliphatic carbocycles. The Morgan fingerprint density at radius 1 is 1.00 bits per heavy atom. The van der Waals surface area contributed by atoms with Gasteiger partial charge in [0.2, 0.25) is 5.79 Å². The molecule has 1 saturated carbocycles. The van der Waals surface area contributed by atoms with Crippen molar-refractivity contribution in [1.29, 1.82) is 0 Å². The van der Waals surface area contributed by atoms with Crippen molar-refractivity contribution in [1.82, 2.24) is 0 Å². The van der Waals surface area contributed by atoms with E-state index < -0.39 is 41.5 Å². The molecule has 5 aliphatic rings. The van der Waals surface area contributed by atoms with Crippen molar-refractivity contribution in [3.8, 4) is 0 Å². The van der Waals surface area contributed by atoms with Crippen molar-refractivity contribution in [3.05, 3.63) is 0 Å². The Bertz CT molecular complexity index is 557. The van der Waals surface area contributed by atoms with Crippen LogP contribution in [0.2, 0.25) is 0 Å². The standard InChI is InChI=1S/C17H25F3O5/c1-9-5-6-12-10(2)16(21-4,17(18,19)20)23-13-15(12)11(9)7-8-14(3,22-13)24-25-15/h9-13H,5-8H2,1-4H3/t9-,10-,11+,12?,13+,14+,15-,16-/m1/s1. The predicted molar refractivity (Wildman–Crippen MR) is 78.8 cm³/mol. The summed E-state index contributed by atoms with van der Waals surface area (Å²) in [4.78, 5) is 11.4. The third-order valence-electron chi connectivity index (χ3n) is 6.96. The van der Waals surface area contributed by atoms with Crippen LogP contribution in [0.15, 0.2) is 0 Å². The van der Waals surface area contributed by atoms with Gasteiger partial charge in [0.1, 0.15) is 0 Å². The fourth-order valence-corrected chi connectivity index (χ4v) is 5.59. The molecule has 144 valence electrons. The van der Waals surface area contributed by atoms with Crippen LogP contribution in [0.1, 0.15) is 46.5 Å². The first-order chi connectivity index (χ1) is 11.6. The molecule has 25 heavy (non-hydrogen) atoms. The lowest BCUT2D eigenvalue weighted by Crippen LogP contribution is -2.75. The number of alkyl halides is 3. The summed E-state index contributed by atoms with van der Waals surface area (Å²) in [6.07, 6.45) is -3.11. The molecule has 4 aliphatic heterocycles. The molecule has 2 bridgehead atoms. The maximum atomic E-state index is 14.0. The molecule has 1 spiro atoms. The normalized spacial score (nSPS) is 55.6. The topological polar surface area (TPSA) is 46.2 Å². The van der Waals surface area contributed by atoms with Crippen LogP contribution in [-0.2, 0) is 24.0 Å². The molecule has 8 atom stereocenters. The molecule has 5 nitrogen and oxygen atoms in total. The molecule has 5 fully saturated rings. The molecule has 0 aromatic rings. The summed E-state index contributed by atoms with van der Waals surface area (Å²) in [5.74, 6) is -4.88. The Kier molecular flexibility index (Phi) is 3.82. The van der Waals surface area contributed by atoms with Gasteiger partial charge in [-0.05, 0) is 38.0 Å². The van der Waals surface area contributed by atoms with Gasteiger partial charge in [0, 0.05) is 25.4 Å². The summed E-state index contributed by atoms with van der Waals surface area (Å²) in [5.41, 5.74) is -1.03. The van der Waals surface area contributed by atoms with Gasteiger partial charge in [-0.3, -0.25) is 0 Å². The zero-order valence-corrected chi connectivity index (χ0v) is 14.9. The summed E-state index contributed by atoms with van der Waals surface area (Å²) >= 11 is 0. The molecule has 0 amide bonds. The quantitative estimate of drug-likeness (QED) is 0.661. The van der Waals surface area contributed by atoms with Gasteiger partial charge < -0.3 is 14.2 Å². The molecule has 0 aromatic heterocycles. The molecule has 4 heterocycles. The highest BCUT2D eigenvalue weighted by atomic mass is 19.4. The number of fused-ring (bicyclic) bond motifs is 2. The van der Waals surface area contributed by atoms with Gasteiger partial charge in [0.25, 0.3) is 5.79 Å². The van der Waals surface area contributed by atoms with Crippen molar-refractivity contribution in [2.75, 3.05) is 7.11 Å². The molecule has 0 N–H and O–H groups in total. The van der Waals surface area contributed by atoms with E-state index >= 15 is 0 Å². The number of methoxy groups -OCH3 is 1. The zero-order valence-electron chi connectivity index (χ0n) is 14.9. The second kappa shape index (κ2) is 5.32. The Labute approximate surface area is 145 Å². The average molecular weight is 366 g/mol. The Morgan fingerprint density at radius 2 is 1.72 bits per heavy atom. The van der Waals surface area contributed by atoms with Gasteiger partial charge in [0.15, 0.2) is 11.9 Å². The summed E-state index contributed by atoms with van der Waals surface area (Å²) in [5, 5.41) is 0. The Balaban J connectivity index is 1.85. The van der Waals surface area contributed by atoms with E-state index in [1.54, 1.807) is 6.92 Å². The summed E-state index contributed by atoms with van der Waals surface area (Å²) in [6, 6.07) is 0. The molecule has 4 saturated heterocycles. The largest absolute Gasteiger partial charge is 0.443 e. The third-order valence-corrected chi connectivity index (χ3v) is 6.96. The Hall–Kier alpha value is -0.410. The highest BCUT2D eigenvalue weighted by Crippen LogP contribution is 2.64. The lowest BCUT2D eigenvalue weighted by atomic mass is 9.57. The number of ether oxygens (including phenoxy) is 3. The second-order valence-electron chi connectivity index (χ2n) is 8.19. The maximum absolute atomic E-state index is 14.0. The van der Waals surface area contributed by atoms with Crippen molar-refractivity contribution < 1.29 is 37.2 Å². The van der Waals surface area contributed by atoms with Crippen LogP contribution < -0.4 is 0 Å². The van der Waals surface area contributed by atoms with Gasteiger partial charge in [0.05, 0.1) is 0 Å². The first-order valence-electron chi connectivity index (χ1n) is 8.94. The van der Waals surface area contributed by atoms with E-state index in [4.69, 9.17) is 24.0 Å². The predicted octanol–water partition coefficient (Wildman–Crippen LogP) is 3.77. The third kappa shape index (κ3) is 2.15. The van der Waals surface area contributed by atoms with Crippen LogP contribution >= 0.6 is 0 Å². The van der Waals surface area contributed by atoms with E-state index in [1.807, 2.05) is 0 Å². The molecule has 5 rings (SSSR count). The first kappa shape index (κ1) is 18.0. The highest BCUT2D eigenvalue weighted by molar-refractivity contribution is 5.12. The number of halogens is 3. The van der Waals surface area contributed by atoms with Gasteiger partial charge in [-0.2, -0.15) is 13.2 Å². The highest BCUT2D eigenvalue weighted by Gasteiger charge is 2.77. The molecular formula is C17H25F3O5. The minimum atomic E-state index is -4.68. The van der Waals surface area contributed by atoms with Gasteiger partial charge in [-0.15, -0.1) is 0 Å². The molecule has 8 heteroatoms. The second-order valence-corrected chi connectivity index (χ2v) is 8.19.